The zero-order valence-corrected chi connectivity index (χ0v) is 23.9. The minimum Gasteiger partial charge on any atom is -0.479 e. The molecule has 0 aliphatic carbocycles. The molecule has 0 unspecified atom stereocenters. The van der Waals surface area contributed by atoms with Gasteiger partial charge < -0.3 is 14.6 Å². The molecule has 0 radical (unpaired) electrons. The van der Waals surface area contributed by atoms with Gasteiger partial charge in [-0.1, -0.05) is 70.9 Å². The molecular formula is C28H20Cl2N2O6S2. The third-order valence-corrected chi connectivity index (χ3v) is 8.31. The van der Waals surface area contributed by atoms with Gasteiger partial charge in [-0.3, -0.25) is 9.36 Å². The van der Waals surface area contributed by atoms with Crippen LogP contribution in [0.5, 0.6) is 5.75 Å². The monoisotopic (exact) mass is 614 g/mol. The van der Waals surface area contributed by atoms with Crippen molar-refractivity contribution in [1.29, 1.82) is 0 Å². The molecule has 0 fully saturated rings. The summed E-state index contributed by atoms with van der Waals surface area (Å²) in [6.45, 7) is 1.29. The van der Waals surface area contributed by atoms with Crippen molar-refractivity contribution in [2.45, 2.75) is 13.0 Å². The van der Waals surface area contributed by atoms with Crippen LogP contribution in [0.2, 0.25) is 10.0 Å². The Morgan fingerprint density at radius 1 is 1.12 bits per heavy atom. The first kappa shape index (κ1) is 27.9. The molecule has 3 heterocycles. The van der Waals surface area contributed by atoms with E-state index in [1.54, 1.807) is 13.0 Å². The Hall–Kier alpha value is -3.70. The van der Waals surface area contributed by atoms with Crippen LogP contribution >= 0.6 is 45.9 Å². The quantitative estimate of drug-likeness (QED) is 0.287. The van der Waals surface area contributed by atoms with E-state index >= 15 is 0 Å². The van der Waals surface area contributed by atoms with Crippen LogP contribution in [0, 0.1) is 0 Å². The number of aromatic nitrogens is 1. The van der Waals surface area contributed by atoms with Crippen molar-refractivity contribution >= 4 is 69.6 Å². The maximum absolute atomic E-state index is 13.9. The van der Waals surface area contributed by atoms with E-state index in [9.17, 15) is 14.4 Å². The lowest BCUT2D eigenvalue weighted by Gasteiger charge is -2.24. The number of carbonyl (C=O) groups excluding carboxylic acids is 1. The summed E-state index contributed by atoms with van der Waals surface area (Å²) in [7, 11) is 0. The Kier molecular flexibility index (Phi) is 8.22. The predicted molar refractivity (Wildman–Crippen MR) is 155 cm³/mol. The lowest BCUT2D eigenvalue weighted by Crippen LogP contribution is -2.39. The van der Waals surface area contributed by atoms with Crippen LogP contribution in [0.15, 0.2) is 75.3 Å². The maximum Gasteiger partial charge on any atom is 0.341 e. The van der Waals surface area contributed by atoms with Gasteiger partial charge in [-0.2, -0.15) is 0 Å². The molecule has 0 saturated carbocycles. The molecule has 2 aromatic carbocycles. The minimum absolute atomic E-state index is 0.0358. The van der Waals surface area contributed by atoms with Gasteiger partial charge in [0.05, 0.1) is 32.5 Å². The van der Waals surface area contributed by atoms with Crippen LogP contribution in [-0.2, 0) is 14.3 Å². The highest BCUT2D eigenvalue weighted by molar-refractivity contribution is 7.10. The molecule has 0 saturated heterocycles. The molecule has 40 heavy (non-hydrogen) atoms. The molecule has 0 amide bonds. The smallest absolute Gasteiger partial charge is 0.341 e. The SMILES string of the molecule is CCOC(=O)C1=C(c2ccccc2)N=c2s/c(=C\c3cc(Cl)c(OCC(=O)O)c(Cl)c3)c(=O)n2[C@@H]1c1cccs1. The van der Waals surface area contributed by atoms with Crippen molar-refractivity contribution in [3.63, 3.8) is 0 Å². The Morgan fingerprint density at radius 3 is 2.48 bits per heavy atom. The fourth-order valence-electron chi connectivity index (χ4n) is 4.24. The standard InChI is InChI=1S/C28H20Cl2N2O6S2/c1-2-37-27(36)22-23(16-7-4-3-5-8-16)31-28-32(24(22)19-9-6-10-39-19)26(35)20(40-28)13-15-11-17(29)25(18(30)12-15)38-14-21(33)34/h3-13,24H,2,14H2,1H3,(H,33,34)/b20-13-/t24-/m1/s1. The van der Waals surface area contributed by atoms with E-state index < -0.39 is 24.6 Å². The molecule has 1 N–H and O–H groups in total. The number of fused-ring (bicyclic) bond motifs is 1. The highest BCUT2D eigenvalue weighted by atomic mass is 35.5. The van der Waals surface area contributed by atoms with Gasteiger partial charge in [-0.15, -0.1) is 11.3 Å². The third-order valence-electron chi connectivity index (χ3n) is 5.84. The molecule has 0 bridgehead atoms. The molecule has 2 aromatic heterocycles. The Bertz CT molecular complexity index is 1790. The normalized spacial score (nSPS) is 15.0. The van der Waals surface area contributed by atoms with Gasteiger partial charge in [0, 0.05) is 10.4 Å². The largest absolute Gasteiger partial charge is 0.479 e. The average molecular weight is 616 g/mol. The Labute approximate surface area is 245 Å². The number of hydrogen-bond acceptors (Lipinski definition) is 8. The van der Waals surface area contributed by atoms with E-state index in [2.05, 4.69) is 0 Å². The number of thiazole rings is 1. The van der Waals surface area contributed by atoms with Crippen molar-refractivity contribution in [2.75, 3.05) is 13.2 Å². The first-order valence-electron chi connectivity index (χ1n) is 11.9. The van der Waals surface area contributed by atoms with Crippen LogP contribution in [0.25, 0.3) is 11.8 Å². The van der Waals surface area contributed by atoms with Crippen LogP contribution < -0.4 is 19.6 Å². The van der Waals surface area contributed by atoms with Crippen molar-refractivity contribution < 1.29 is 24.2 Å². The third kappa shape index (κ3) is 5.48. The fourth-order valence-corrected chi connectivity index (χ4v) is 6.68. The fraction of sp³-hybridized carbons (Fsp3) is 0.143. The molecule has 0 spiro atoms. The van der Waals surface area contributed by atoms with Gasteiger partial charge in [0.25, 0.3) is 5.56 Å². The number of carbonyl (C=O) groups is 2. The van der Waals surface area contributed by atoms with Crippen molar-refractivity contribution in [3.8, 4) is 5.75 Å². The van der Waals surface area contributed by atoms with Gasteiger partial charge in [0.2, 0.25) is 0 Å². The van der Waals surface area contributed by atoms with Crippen molar-refractivity contribution in [1.82, 2.24) is 4.57 Å². The van der Waals surface area contributed by atoms with Gasteiger partial charge in [-0.25, -0.2) is 14.6 Å². The number of thiophene rings is 1. The number of aliphatic carboxylic acids is 1. The van der Waals surface area contributed by atoms with E-state index in [1.165, 1.54) is 28.0 Å². The molecule has 1 atom stereocenters. The van der Waals surface area contributed by atoms with E-state index in [1.807, 2.05) is 47.8 Å². The molecule has 204 valence electrons. The van der Waals surface area contributed by atoms with E-state index in [0.717, 1.165) is 21.8 Å². The zero-order valence-electron chi connectivity index (χ0n) is 20.8. The predicted octanol–water partition coefficient (Wildman–Crippen LogP) is 4.77. The molecular weight excluding hydrogens is 595 g/mol. The first-order chi connectivity index (χ1) is 19.3. The summed E-state index contributed by atoms with van der Waals surface area (Å²) < 4.78 is 12.5. The zero-order chi connectivity index (χ0) is 28.4. The molecule has 1 aliphatic heterocycles. The summed E-state index contributed by atoms with van der Waals surface area (Å²) in [6.07, 6.45) is 1.62. The Balaban J connectivity index is 1.71. The van der Waals surface area contributed by atoms with Gasteiger partial charge >= 0.3 is 11.9 Å². The second-order valence-electron chi connectivity index (χ2n) is 8.44. The lowest BCUT2D eigenvalue weighted by molar-refractivity contribution is -0.140. The van der Waals surface area contributed by atoms with Gasteiger partial charge in [-0.05, 0) is 42.1 Å². The maximum atomic E-state index is 13.9. The highest BCUT2D eigenvalue weighted by Crippen LogP contribution is 2.37. The molecule has 8 nitrogen and oxygen atoms in total. The first-order valence-corrected chi connectivity index (χ1v) is 14.4. The number of carboxylic acid groups (broad SMARTS) is 1. The summed E-state index contributed by atoms with van der Waals surface area (Å²) in [4.78, 5) is 44.1. The summed E-state index contributed by atoms with van der Waals surface area (Å²) in [5, 5.41) is 11.0. The summed E-state index contributed by atoms with van der Waals surface area (Å²) >= 11 is 15.2. The van der Waals surface area contributed by atoms with Gasteiger partial charge in [0.15, 0.2) is 17.2 Å². The number of hydrogen-bond donors (Lipinski definition) is 1. The molecule has 1 aliphatic rings. The van der Waals surface area contributed by atoms with Crippen LogP contribution in [-0.4, -0.2) is 34.8 Å². The second kappa shape index (κ2) is 11.8. The second-order valence-corrected chi connectivity index (χ2v) is 11.2. The minimum atomic E-state index is -1.17. The molecule has 4 aromatic rings. The van der Waals surface area contributed by atoms with Crippen LogP contribution in [0.4, 0.5) is 0 Å². The summed E-state index contributed by atoms with van der Waals surface area (Å²) in [5.74, 6) is -1.68. The van der Waals surface area contributed by atoms with Crippen molar-refractivity contribution in [3.05, 3.63) is 111 Å². The summed E-state index contributed by atoms with van der Waals surface area (Å²) in [6, 6.07) is 15.3. The summed E-state index contributed by atoms with van der Waals surface area (Å²) in [5.41, 5.74) is 1.59. The number of ether oxygens (including phenoxy) is 2. The average Bonchev–Trinajstić information content (AvgIpc) is 3.56. The molecule has 5 rings (SSSR count). The van der Waals surface area contributed by atoms with E-state index in [4.69, 9.17) is 42.8 Å². The topological polar surface area (TPSA) is 107 Å². The number of esters is 1. The van der Waals surface area contributed by atoms with Crippen LogP contribution in [0.3, 0.4) is 0 Å². The van der Waals surface area contributed by atoms with Crippen LogP contribution in [0.1, 0.15) is 29.0 Å². The van der Waals surface area contributed by atoms with E-state index in [-0.39, 0.29) is 33.5 Å². The Morgan fingerprint density at radius 2 is 1.85 bits per heavy atom. The number of rotatable bonds is 8. The number of carboxylic acids is 1. The molecule has 12 heteroatoms. The van der Waals surface area contributed by atoms with Gasteiger partial charge in [0.1, 0.15) is 6.04 Å². The number of halogens is 2. The number of benzene rings is 2. The highest BCUT2D eigenvalue weighted by Gasteiger charge is 2.35. The van der Waals surface area contributed by atoms with Crippen molar-refractivity contribution in [2.24, 2.45) is 4.99 Å². The lowest BCUT2D eigenvalue weighted by atomic mass is 9.97. The van der Waals surface area contributed by atoms with E-state index in [0.29, 0.717) is 20.6 Å². The number of nitrogens with zero attached hydrogens (tertiary/aromatic N) is 2.